The van der Waals surface area contributed by atoms with Crippen LogP contribution in [-0.4, -0.2) is 24.6 Å². The Balaban J connectivity index is 3.47. The predicted octanol–water partition coefficient (Wildman–Crippen LogP) is 11.8. The van der Waals surface area contributed by atoms with Crippen molar-refractivity contribution >= 4 is 11.9 Å². The van der Waals surface area contributed by atoms with Crippen molar-refractivity contribution in [2.24, 2.45) is 0 Å². The van der Waals surface area contributed by atoms with E-state index in [4.69, 9.17) is 9.47 Å². The van der Waals surface area contributed by atoms with E-state index in [1.54, 1.807) is 6.92 Å². The Morgan fingerprint density at radius 3 is 1.41 bits per heavy atom. The minimum absolute atomic E-state index is 0.158. The quantitative estimate of drug-likeness (QED) is 0.0468. The van der Waals surface area contributed by atoms with E-state index in [1.807, 2.05) is 0 Å². The molecule has 0 spiro atoms. The molecule has 0 N–H and O–H groups in total. The second-order valence-corrected chi connectivity index (χ2v) is 12.0. The summed E-state index contributed by atoms with van der Waals surface area (Å²) in [6.07, 6.45) is 39.3. The second-order valence-electron chi connectivity index (χ2n) is 12.0. The number of ether oxygens (including phenoxy) is 2. The number of carbonyl (C=O) groups is 2. The highest BCUT2D eigenvalue weighted by Gasteiger charge is 2.12. The third-order valence-electron chi connectivity index (χ3n) is 7.63. The van der Waals surface area contributed by atoms with Crippen LogP contribution in [0.15, 0.2) is 24.3 Å². The van der Waals surface area contributed by atoms with Crippen molar-refractivity contribution in [3.8, 4) is 0 Å². The lowest BCUT2D eigenvalue weighted by Crippen LogP contribution is -2.22. The molecule has 4 nitrogen and oxygen atoms in total. The van der Waals surface area contributed by atoms with Crippen LogP contribution in [0.2, 0.25) is 0 Å². The van der Waals surface area contributed by atoms with Gasteiger partial charge in [-0.1, -0.05) is 147 Å². The molecule has 0 aromatic carbocycles. The van der Waals surface area contributed by atoms with E-state index >= 15 is 0 Å². The molecule has 0 aliphatic rings. The molecule has 240 valence electrons. The van der Waals surface area contributed by atoms with Crippen LogP contribution in [0, 0.1) is 0 Å². The van der Waals surface area contributed by atoms with E-state index in [1.165, 1.54) is 109 Å². The Bertz CT molecular complexity index is 624. The normalized spacial score (nSPS) is 12.4. The standard InChI is InChI=1S/C37H68O4/c1-4-6-8-10-12-14-16-18-19-21-23-25-27-29-31-33-37(39)41-35(3)34-40-36(38)32-30-28-26-24-22-20-17-15-13-11-9-7-5-2/h12,14,18-19,35H,4-11,13,15-17,20-34H2,1-3H3/b14-12+,19-18-/t35-/m0/s1. The van der Waals surface area contributed by atoms with Gasteiger partial charge in [-0.05, 0) is 51.9 Å². The second kappa shape index (κ2) is 32.9. The first-order chi connectivity index (χ1) is 20.1. The summed E-state index contributed by atoms with van der Waals surface area (Å²) in [6, 6.07) is 0. The molecule has 0 aliphatic carbocycles. The van der Waals surface area contributed by atoms with Crippen molar-refractivity contribution < 1.29 is 19.1 Å². The Hall–Kier alpha value is -1.58. The highest BCUT2D eigenvalue weighted by atomic mass is 16.6. The molecular formula is C37H68O4. The maximum atomic E-state index is 12.1. The maximum absolute atomic E-state index is 12.1. The van der Waals surface area contributed by atoms with Crippen LogP contribution >= 0.6 is 0 Å². The first-order valence-corrected chi connectivity index (χ1v) is 17.7. The first-order valence-electron chi connectivity index (χ1n) is 17.7. The van der Waals surface area contributed by atoms with Crippen LogP contribution in [0.3, 0.4) is 0 Å². The first kappa shape index (κ1) is 39.4. The lowest BCUT2D eigenvalue weighted by molar-refractivity contribution is -0.158. The van der Waals surface area contributed by atoms with E-state index in [9.17, 15) is 9.59 Å². The zero-order chi connectivity index (χ0) is 30.1. The van der Waals surface area contributed by atoms with Crippen LogP contribution in [0.1, 0.15) is 188 Å². The Morgan fingerprint density at radius 1 is 0.512 bits per heavy atom. The lowest BCUT2D eigenvalue weighted by Gasteiger charge is -2.13. The van der Waals surface area contributed by atoms with Gasteiger partial charge < -0.3 is 9.47 Å². The molecule has 0 aromatic heterocycles. The minimum Gasteiger partial charge on any atom is -0.462 e. The summed E-state index contributed by atoms with van der Waals surface area (Å²) in [4.78, 5) is 24.1. The highest BCUT2D eigenvalue weighted by molar-refractivity contribution is 5.70. The van der Waals surface area contributed by atoms with Crippen LogP contribution in [0.5, 0.6) is 0 Å². The fraction of sp³-hybridized carbons (Fsp3) is 0.838. The molecule has 1 atom stereocenters. The van der Waals surface area contributed by atoms with Gasteiger partial charge in [-0.15, -0.1) is 0 Å². The highest BCUT2D eigenvalue weighted by Crippen LogP contribution is 2.13. The van der Waals surface area contributed by atoms with E-state index in [2.05, 4.69) is 38.2 Å². The molecule has 0 aliphatic heterocycles. The van der Waals surface area contributed by atoms with Crippen molar-refractivity contribution in [3.05, 3.63) is 24.3 Å². The maximum Gasteiger partial charge on any atom is 0.306 e. The summed E-state index contributed by atoms with van der Waals surface area (Å²) in [6.45, 7) is 6.46. The van der Waals surface area contributed by atoms with Gasteiger partial charge in [0.05, 0.1) is 0 Å². The number of esters is 2. The van der Waals surface area contributed by atoms with Crippen LogP contribution in [-0.2, 0) is 19.1 Å². The summed E-state index contributed by atoms with van der Waals surface area (Å²) in [5, 5.41) is 0. The molecule has 0 heterocycles. The topological polar surface area (TPSA) is 52.6 Å². The number of hydrogen-bond donors (Lipinski definition) is 0. The van der Waals surface area contributed by atoms with Gasteiger partial charge in [0.1, 0.15) is 12.7 Å². The number of unbranched alkanes of at least 4 members (excludes halogenated alkanes) is 20. The summed E-state index contributed by atoms with van der Waals surface area (Å²) in [5.74, 6) is -0.361. The van der Waals surface area contributed by atoms with E-state index < -0.39 is 0 Å². The number of rotatable bonds is 31. The Kier molecular flexibility index (Phi) is 31.7. The number of carbonyl (C=O) groups excluding carboxylic acids is 2. The zero-order valence-electron chi connectivity index (χ0n) is 27.6. The van der Waals surface area contributed by atoms with E-state index in [0.29, 0.717) is 12.8 Å². The molecule has 0 amide bonds. The van der Waals surface area contributed by atoms with Crippen LogP contribution in [0.4, 0.5) is 0 Å². The third-order valence-corrected chi connectivity index (χ3v) is 7.63. The van der Waals surface area contributed by atoms with E-state index in [0.717, 1.165) is 44.9 Å². The molecule has 0 radical (unpaired) electrons. The molecule has 0 rings (SSSR count). The van der Waals surface area contributed by atoms with Crippen molar-refractivity contribution in [2.45, 2.75) is 194 Å². The fourth-order valence-electron chi connectivity index (χ4n) is 4.97. The Morgan fingerprint density at radius 2 is 0.902 bits per heavy atom. The fourth-order valence-corrected chi connectivity index (χ4v) is 4.97. The number of allylic oxidation sites excluding steroid dienone is 4. The SMILES string of the molecule is CCCCC/C=C/C/C=C\CCCCCCCC(=O)O[C@@H](C)COC(=O)CCCCCCCCCCCCCCC. The molecule has 0 unspecified atom stereocenters. The molecule has 0 fully saturated rings. The van der Waals surface area contributed by atoms with Gasteiger partial charge in [0.2, 0.25) is 0 Å². The molecule has 0 bridgehead atoms. The lowest BCUT2D eigenvalue weighted by atomic mass is 10.0. The van der Waals surface area contributed by atoms with Crippen LogP contribution < -0.4 is 0 Å². The minimum atomic E-state index is -0.379. The van der Waals surface area contributed by atoms with Gasteiger partial charge in [-0.25, -0.2) is 0 Å². The number of hydrogen-bond acceptors (Lipinski definition) is 4. The molecule has 4 heteroatoms. The van der Waals surface area contributed by atoms with Crippen molar-refractivity contribution in [1.29, 1.82) is 0 Å². The van der Waals surface area contributed by atoms with Gasteiger partial charge in [0, 0.05) is 12.8 Å². The average Bonchev–Trinajstić information content (AvgIpc) is 2.96. The largest absolute Gasteiger partial charge is 0.462 e. The van der Waals surface area contributed by atoms with Crippen molar-refractivity contribution in [2.75, 3.05) is 6.61 Å². The molecule has 0 saturated carbocycles. The van der Waals surface area contributed by atoms with Gasteiger partial charge in [0.25, 0.3) is 0 Å². The smallest absolute Gasteiger partial charge is 0.306 e. The molecular weight excluding hydrogens is 508 g/mol. The summed E-state index contributed by atoms with van der Waals surface area (Å²) in [7, 11) is 0. The molecule has 41 heavy (non-hydrogen) atoms. The zero-order valence-corrected chi connectivity index (χ0v) is 27.6. The van der Waals surface area contributed by atoms with Crippen molar-refractivity contribution in [3.63, 3.8) is 0 Å². The van der Waals surface area contributed by atoms with Gasteiger partial charge in [-0.2, -0.15) is 0 Å². The summed E-state index contributed by atoms with van der Waals surface area (Å²) >= 11 is 0. The molecule has 0 saturated heterocycles. The summed E-state index contributed by atoms with van der Waals surface area (Å²) < 4.78 is 10.7. The molecule has 0 aromatic rings. The van der Waals surface area contributed by atoms with Gasteiger partial charge in [-0.3, -0.25) is 9.59 Å². The van der Waals surface area contributed by atoms with Crippen LogP contribution in [0.25, 0.3) is 0 Å². The third kappa shape index (κ3) is 32.8. The van der Waals surface area contributed by atoms with Gasteiger partial charge >= 0.3 is 11.9 Å². The monoisotopic (exact) mass is 577 g/mol. The predicted molar refractivity (Wildman–Crippen MR) is 176 cm³/mol. The van der Waals surface area contributed by atoms with Gasteiger partial charge in [0.15, 0.2) is 0 Å². The van der Waals surface area contributed by atoms with Crippen molar-refractivity contribution in [1.82, 2.24) is 0 Å². The summed E-state index contributed by atoms with van der Waals surface area (Å²) in [5.41, 5.74) is 0. The average molecular weight is 577 g/mol. The van der Waals surface area contributed by atoms with E-state index in [-0.39, 0.29) is 24.6 Å². The Labute approximate surface area is 255 Å².